The van der Waals surface area contributed by atoms with Gasteiger partial charge < -0.3 is 24.8 Å². The van der Waals surface area contributed by atoms with Crippen LogP contribution in [0.5, 0.6) is 11.5 Å². The van der Waals surface area contributed by atoms with Crippen LogP contribution in [0.2, 0.25) is 0 Å². The van der Waals surface area contributed by atoms with Crippen LogP contribution in [0.4, 0.5) is 11.4 Å². The molecule has 2 aromatic rings. The number of ether oxygens (including phenoxy) is 3. The second-order valence-electron chi connectivity index (χ2n) is 5.45. The number of hydrogen-bond donors (Lipinski definition) is 2. The minimum Gasteiger partial charge on any atom is -0.454 e. The first kappa shape index (κ1) is 17.3. The van der Waals surface area contributed by atoms with Crippen molar-refractivity contribution in [1.82, 2.24) is 0 Å². The summed E-state index contributed by atoms with van der Waals surface area (Å²) in [6.45, 7) is 1.09. The number of rotatable bonds is 5. The van der Waals surface area contributed by atoms with Crippen molar-refractivity contribution >= 4 is 29.2 Å². The van der Waals surface area contributed by atoms with E-state index < -0.39 is 18.5 Å². The highest BCUT2D eigenvalue weighted by molar-refractivity contribution is 5.96. The van der Waals surface area contributed by atoms with E-state index in [9.17, 15) is 14.4 Å². The molecule has 2 amide bonds. The Morgan fingerprint density at radius 2 is 1.62 bits per heavy atom. The van der Waals surface area contributed by atoms with E-state index in [-0.39, 0.29) is 18.3 Å². The Balaban J connectivity index is 1.50. The normalized spacial score (nSPS) is 11.6. The van der Waals surface area contributed by atoms with Crippen LogP contribution in [0.15, 0.2) is 42.5 Å². The molecule has 0 unspecified atom stereocenters. The molecule has 0 saturated carbocycles. The molecular formula is C18H16N2O6. The number of carbonyl (C=O) groups excluding carboxylic acids is 3. The SMILES string of the molecule is CC(=O)Nc1ccc(NC(=O)COC(=O)c2ccc3c(c2)OCO3)cc1. The lowest BCUT2D eigenvalue weighted by Gasteiger charge is -2.08. The maximum absolute atomic E-state index is 12.0. The molecule has 1 heterocycles. The highest BCUT2D eigenvalue weighted by Gasteiger charge is 2.17. The fraction of sp³-hybridized carbons (Fsp3) is 0.167. The van der Waals surface area contributed by atoms with Gasteiger partial charge >= 0.3 is 5.97 Å². The van der Waals surface area contributed by atoms with E-state index >= 15 is 0 Å². The van der Waals surface area contributed by atoms with Crippen molar-refractivity contribution in [3.8, 4) is 11.5 Å². The van der Waals surface area contributed by atoms with Gasteiger partial charge in [0.15, 0.2) is 18.1 Å². The number of amides is 2. The number of esters is 1. The van der Waals surface area contributed by atoms with E-state index in [1.54, 1.807) is 30.3 Å². The van der Waals surface area contributed by atoms with E-state index in [1.807, 2.05) is 0 Å². The molecule has 0 bridgehead atoms. The van der Waals surface area contributed by atoms with E-state index in [1.165, 1.54) is 19.1 Å². The Hall–Kier alpha value is -3.55. The molecule has 8 nitrogen and oxygen atoms in total. The monoisotopic (exact) mass is 356 g/mol. The topological polar surface area (TPSA) is 103 Å². The average molecular weight is 356 g/mol. The first-order chi connectivity index (χ1) is 12.5. The van der Waals surface area contributed by atoms with E-state index in [0.717, 1.165) is 0 Å². The summed E-state index contributed by atoms with van der Waals surface area (Å²) in [5, 5.41) is 5.22. The van der Waals surface area contributed by atoms with Crippen LogP contribution in [0.1, 0.15) is 17.3 Å². The van der Waals surface area contributed by atoms with Crippen molar-refractivity contribution < 1.29 is 28.6 Å². The molecule has 0 fully saturated rings. The van der Waals surface area contributed by atoms with Gasteiger partial charge in [-0.1, -0.05) is 0 Å². The minimum atomic E-state index is -0.639. The Kier molecular flexibility index (Phi) is 5.02. The van der Waals surface area contributed by atoms with Crippen LogP contribution in [0.3, 0.4) is 0 Å². The summed E-state index contributed by atoms with van der Waals surface area (Å²) < 4.78 is 15.4. The van der Waals surface area contributed by atoms with Crippen LogP contribution < -0.4 is 20.1 Å². The number of hydrogen-bond acceptors (Lipinski definition) is 6. The molecule has 2 N–H and O–H groups in total. The Morgan fingerprint density at radius 3 is 2.31 bits per heavy atom. The number of carbonyl (C=O) groups is 3. The maximum Gasteiger partial charge on any atom is 0.338 e. The summed E-state index contributed by atoms with van der Waals surface area (Å²) in [5.74, 6) is -0.284. The third kappa shape index (κ3) is 4.29. The van der Waals surface area contributed by atoms with Gasteiger partial charge in [-0.2, -0.15) is 0 Å². The van der Waals surface area contributed by atoms with Gasteiger partial charge in [0.1, 0.15) is 0 Å². The van der Waals surface area contributed by atoms with Crippen molar-refractivity contribution in [3.63, 3.8) is 0 Å². The van der Waals surface area contributed by atoms with Gasteiger partial charge in [0, 0.05) is 18.3 Å². The molecular weight excluding hydrogens is 340 g/mol. The van der Waals surface area contributed by atoms with Crippen molar-refractivity contribution in [2.24, 2.45) is 0 Å². The quantitative estimate of drug-likeness (QED) is 0.796. The van der Waals surface area contributed by atoms with Gasteiger partial charge in [0.25, 0.3) is 5.91 Å². The minimum absolute atomic E-state index is 0.108. The number of fused-ring (bicyclic) bond motifs is 1. The standard InChI is InChI=1S/C18H16N2O6/c1-11(21)19-13-3-5-14(6-4-13)20-17(22)9-24-18(23)12-2-7-15-16(8-12)26-10-25-15/h2-8H,9-10H2,1H3,(H,19,21)(H,20,22). The largest absolute Gasteiger partial charge is 0.454 e. The summed E-state index contributed by atoms with van der Waals surface area (Å²) >= 11 is 0. The van der Waals surface area contributed by atoms with Crippen LogP contribution in [0.25, 0.3) is 0 Å². The zero-order valence-corrected chi connectivity index (χ0v) is 13.9. The molecule has 3 rings (SSSR count). The zero-order chi connectivity index (χ0) is 18.5. The fourth-order valence-electron chi connectivity index (χ4n) is 2.28. The summed E-state index contributed by atoms with van der Waals surface area (Å²) in [6, 6.07) is 11.2. The van der Waals surface area contributed by atoms with Crippen molar-refractivity contribution in [2.75, 3.05) is 24.0 Å². The predicted octanol–water partition coefficient (Wildman–Crippen LogP) is 2.17. The molecule has 26 heavy (non-hydrogen) atoms. The van der Waals surface area contributed by atoms with Gasteiger partial charge in [-0.3, -0.25) is 9.59 Å². The molecule has 0 aromatic heterocycles. The second-order valence-corrected chi connectivity index (χ2v) is 5.45. The van der Waals surface area contributed by atoms with Crippen LogP contribution >= 0.6 is 0 Å². The van der Waals surface area contributed by atoms with Crippen molar-refractivity contribution in [1.29, 1.82) is 0 Å². The first-order valence-electron chi connectivity index (χ1n) is 7.75. The zero-order valence-electron chi connectivity index (χ0n) is 13.9. The molecule has 134 valence electrons. The molecule has 0 spiro atoms. The number of benzene rings is 2. The van der Waals surface area contributed by atoms with Gasteiger partial charge in [-0.25, -0.2) is 4.79 Å². The van der Waals surface area contributed by atoms with Gasteiger partial charge in [-0.05, 0) is 42.5 Å². The molecule has 8 heteroatoms. The molecule has 0 radical (unpaired) electrons. The molecule has 0 atom stereocenters. The summed E-state index contributed by atoms with van der Waals surface area (Å²) in [5.41, 5.74) is 1.40. The van der Waals surface area contributed by atoms with Gasteiger partial charge in [0.2, 0.25) is 12.7 Å². The Morgan fingerprint density at radius 1 is 0.962 bits per heavy atom. The maximum atomic E-state index is 12.0. The highest BCUT2D eigenvalue weighted by Crippen LogP contribution is 2.32. The molecule has 0 aliphatic carbocycles. The van der Waals surface area contributed by atoms with Crippen LogP contribution in [-0.4, -0.2) is 31.2 Å². The molecule has 1 aliphatic heterocycles. The van der Waals surface area contributed by atoms with Crippen LogP contribution in [-0.2, 0) is 14.3 Å². The third-order valence-corrected chi connectivity index (χ3v) is 3.43. The van der Waals surface area contributed by atoms with E-state index in [4.69, 9.17) is 14.2 Å². The smallest absolute Gasteiger partial charge is 0.338 e. The summed E-state index contributed by atoms with van der Waals surface area (Å²) in [4.78, 5) is 34.9. The lowest BCUT2D eigenvalue weighted by molar-refractivity contribution is -0.119. The lowest BCUT2D eigenvalue weighted by Crippen LogP contribution is -2.20. The first-order valence-corrected chi connectivity index (χ1v) is 7.75. The Labute approximate surface area is 149 Å². The summed E-state index contributed by atoms with van der Waals surface area (Å²) in [7, 11) is 0. The van der Waals surface area contributed by atoms with E-state index in [0.29, 0.717) is 22.9 Å². The number of anilines is 2. The van der Waals surface area contributed by atoms with Crippen LogP contribution in [0, 0.1) is 0 Å². The summed E-state index contributed by atoms with van der Waals surface area (Å²) in [6.07, 6.45) is 0. The number of nitrogens with one attached hydrogen (secondary N) is 2. The highest BCUT2D eigenvalue weighted by atomic mass is 16.7. The third-order valence-electron chi connectivity index (χ3n) is 3.43. The lowest BCUT2D eigenvalue weighted by atomic mass is 10.2. The molecule has 2 aromatic carbocycles. The fourth-order valence-corrected chi connectivity index (χ4v) is 2.28. The van der Waals surface area contributed by atoms with Crippen molar-refractivity contribution in [3.05, 3.63) is 48.0 Å². The van der Waals surface area contributed by atoms with Crippen molar-refractivity contribution in [2.45, 2.75) is 6.92 Å². The van der Waals surface area contributed by atoms with E-state index in [2.05, 4.69) is 10.6 Å². The Bertz CT molecular complexity index is 847. The average Bonchev–Trinajstić information content (AvgIpc) is 3.08. The predicted molar refractivity (Wildman–Crippen MR) is 92.2 cm³/mol. The molecule has 1 aliphatic rings. The second kappa shape index (κ2) is 7.56. The van der Waals surface area contributed by atoms with Gasteiger partial charge in [-0.15, -0.1) is 0 Å². The van der Waals surface area contributed by atoms with Gasteiger partial charge in [0.05, 0.1) is 5.56 Å². The molecule has 0 saturated heterocycles.